The van der Waals surface area contributed by atoms with Crippen LogP contribution < -0.4 is 5.32 Å². The smallest absolute Gasteiger partial charge is 0.224 e. The monoisotopic (exact) mass is 380 g/mol. The molecule has 0 saturated carbocycles. The van der Waals surface area contributed by atoms with E-state index in [1.807, 2.05) is 12.1 Å². The van der Waals surface area contributed by atoms with Crippen LogP contribution in [0.1, 0.15) is 49.1 Å². The SMILES string of the molecule is CCc1ccc2c(CC(=O)NCC(c3ccco3)N3CCCCC3)coc2c1. The van der Waals surface area contributed by atoms with Gasteiger partial charge < -0.3 is 14.2 Å². The van der Waals surface area contributed by atoms with Crippen LogP contribution in [0.15, 0.2) is 51.7 Å². The summed E-state index contributed by atoms with van der Waals surface area (Å²) in [7, 11) is 0. The summed E-state index contributed by atoms with van der Waals surface area (Å²) >= 11 is 0. The number of likely N-dealkylation sites (tertiary alicyclic amines) is 1. The van der Waals surface area contributed by atoms with Crippen LogP contribution in [-0.4, -0.2) is 30.4 Å². The average molecular weight is 380 g/mol. The number of benzene rings is 1. The highest BCUT2D eigenvalue weighted by molar-refractivity contribution is 5.87. The Hall–Kier alpha value is -2.53. The maximum Gasteiger partial charge on any atom is 0.224 e. The molecule has 5 nitrogen and oxygen atoms in total. The molecule has 2 aromatic heterocycles. The van der Waals surface area contributed by atoms with Gasteiger partial charge in [-0.1, -0.05) is 25.5 Å². The van der Waals surface area contributed by atoms with Crippen LogP contribution in [0, 0.1) is 0 Å². The van der Waals surface area contributed by atoms with Crippen LogP contribution in [0.4, 0.5) is 0 Å². The summed E-state index contributed by atoms with van der Waals surface area (Å²) in [5, 5.41) is 4.13. The predicted octanol–water partition coefficient (Wildman–Crippen LogP) is 4.47. The number of furan rings is 2. The molecule has 148 valence electrons. The second-order valence-corrected chi connectivity index (χ2v) is 7.55. The predicted molar refractivity (Wildman–Crippen MR) is 109 cm³/mol. The fraction of sp³-hybridized carbons (Fsp3) is 0.435. The number of rotatable bonds is 7. The van der Waals surface area contributed by atoms with Gasteiger partial charge in [0.2, 0.25) is 5.91 Å². The number of hydrogen-bond acceptors (Lipinski definition) is 4. The van der Waals surface area contributed by atoms with Crippen molar-refractivity contribution in [3.63, 3.8) is 0 Å². The van der Waals surface area contributed by atoms with Gasteiger partial charge in [0, 0.05) is 17.5 Å². The first-order valence-corrected chi connectivity index (χ1v) is 10.3. The van der Waals surface area contributed by atoms with Crippen molar-refractivity contribution in [1.82, 2.24) is 10.2 Å². The third-order valence-electron chi connectivity index (χ3n) is 5.67. The van der Waals surface area contributed by atoms with Gasteiger partial charge in [-0.05, 0) is 56.1 Å². The van der Waals surface area contributed by atoms with Crippen molar-refractivity contribution < 1.29 is 13.6 Å². The summed E-state index contributed by atoms with van der Waals surface area (Å²) in [4.78, 5) is 15.1. The molecule has 0 bridgehead atoms. The van der Waals surface area contributed by atoms with Gasteiger partial charge in [0.25, 0.3) is 0 Å². The van der Waals surface area contributed by atoms with Gasteiger partial charge in [0.15, 0.2) is 0 Å². The van der Waals surface area contributed by atoms with E-state index >= 15 is 0 Å². The summed E-state index contributed by atoms with van der Waals surface area (Å²) in [6, 6.07) is 10.2. The molecule has 1 N–H and O–H groups in total. The summed E-state index contributed by atoms with van der Waals surface area (Å²) in [5.41, 5.74) is 3.02. The Labute approximate surface area is 165 Å². The molecule has 3 heterocycles. The Bertz CT molecular complexity index is 907. The molecule has 1 saturated heterocycles. The lowest BCUT2D eigenvalue weighted by atomic mass is 10.1. The minimum absolute atomic E-state index is 0.0100. The Morgan fingerprint density at radius 3 is 2.79 bits per heavy atom. The van der Waals surface area contributed by atoms with E-state index in [4.69, 9.17) is 8.83 Å². The van der Waals surface area contributed by atoms with Crippen LogP contribution in [0.3, 0.4) is 0 Å². The quantitative estimate of drug-likeness (QED) is 0.657. The van der Waals surface area contributed by atoms with Gasteiger partial charge in [0.05, 0.1) is 25.0 Å². The van der Waals surface area contributed by atoms with Crippen molar-refractivity contribution >= 4 is 16.9 Å². The molecule has 1 amide bonds. The highest BCUT2D eigenvalue weighted by atomic mass is 16.3. The lowest BCUT2D eigenvalue weighted by Crippen LogP contribution is -2.40. The molecule has 1 fully saturated rings. The Kier molecular flexibility index (Phi) is 5.81. The molecule has 1 aromatic carbocycles. The molecular formula is C23H28N2O3. The highest BCUT2D eigenvalue weighted by Gasteiger charge is 2.25. The Balaban J connectivity index is 1.41. The molecule has 0 aliphatic carbocycles. The average Bonchev–Trinajstić information content (AvgIpc) is 3.39. The third-order valence-corrected chi connectivity index (χ3v) is 5.67. The van der Waals surface area contributed by atoms with Gasteiger partial charge in [-0.15, -0.1) is 0 Å². The highest BCUT2D eigenvalue weighted by Crippen LogP contribution is 2.25. The van der Waals surface area contributed by atoms with E-state index in [1.54, 1.807) is 12.5 Å². The Morgan fingerprint density at radius 1 is 1.18 bits per heavy atom. The van der Waals surface area contributed by atoms with E-state index in [0.717, 1.165) is 41.8 Å². The zero-order valence-electron chi connectivity index (χ0n) is 16.4. The zero-order valence-corrected chi connectivity index (χ0v) is 16.4. The molecule has 3 aromatic rings. The van der Waals surface area contributed by atoms with Gasteiger partial charge in [-0.2, -0.15) is 0 Å². The fourth-order valence-electron chi connectivity index (χ4n) is 4.05. The second-order valence-electron chi connectivity index (χ2n) is 7.55. The first-order chi connectivity index (χ1) is 13.7. The number of aryl methyl sites for hydroxylation is 1. The molecule has 0 spiro atoms. The summed E-state index contributed by atoms with van der Waals surface area (Å²) in [6.07, 6.45) is 8.38. The van der Waals surface area contributed by atoms with Gasteiger partial charge in [0.1, 0.15) is 11.3 Å². The molecule has 0 radical (unpaired) electrons. The minimum Gasteiger partial charge on any atom is -0.468 e. The molecule has 5 heteroatoms. The van der Waals surface area contributed by atoms with E-state index in [-0.39, 0.29) is 11.9 Å². The topological polar surface area (TPSA) is 58.6 Å². The summed E-state index contributed by atoms with van der Waals surface area (Å²) in [5.74, 6) is 0.930. The standard InChI is InChI=1S/C23H28N2O3/c1-2-17-8-9-19-18(16-28-22(19)13-17)14-23(26)24-15-20(21-7-6-12-27-21)25-10-4-3-5-11-25/h6-9,12-13,16,20H,2-5,10-11,14-15H2,1H3,(H,24,26). The van der Waals surface area contributed by atoms with E-state index in [2.05, 4.69) is 35.3 Å². The van der Waals surface area contributed by atoms with Crippen LogP contribution in [0.25, 0.3) is 11.0 Å². The molecule has 1 aliphatic heterocycles. The lowest BCUT2D eigenvalue weighted by Gasteiger charge is -2.33. The summed E-state index contributed by atoms with van der Waals surface area (Å²) < 4.78 is 11.3. The molecule has 1 aliphatic rings. The van der Waals surface area contributed by atoms with Crippen molar-refractivity contribution in [3.8, 4) is 0 Å². The third kappa shape index (κ3) is 4.14. The fourth-order valence-corrected chi connectivity index (χ4v) is 4.05. The molecule has 4 rings (SSSR count). The maximum absolute atomic E-state index is 12.6. The van der Waals surface area contributed by atoms with E-state index < -0.39 is 0 Å². The van der Waals surface area contributed by atoms with Crippen molar-refractivity contribution in [3.05, 3.63) is 59.7 Å². The second kappa shape index (κ2) is 8.65. The van der Waals surface area contributed by atoms with Crippen molar-refractivity contribution in [2.24, 2.45) is 0 Å². The minimum atomic E-state index is 0.0100. The van der Waals surface area contributed by atoms with Gasteiger partial charge >= 0.3 is 0 Å². The van der Waals surface area contributed by atoms with Crippen LogP contribution >= 0.6 is 0 Å². The number of hydrogen-bond donors (Lipinski definition) is 1. The first kappa shape index (κ1) is 18.8. The Morgan fingerprint density at radius 2 is 2.04 bits per heavy atom. The van der Waals surface area contributed by atoms with E-state index in [0.29, 0.717) is 13.0 Å². The normalized spacial score (nSPS) is 16.3. The lowest BCUT2D eigenvalue weighted by molar-refractivity contribution is -0.120. The summed E-state index contributed by atoms with van der Waals surface area (Å²) in [6.45, 7) is 4.78. The van der Waals surface area contributed by atoms with Crippen LogP contribution in [-0.2, 0) is 17.6 Å². The number of fused-ring (bicyclic) bond motifs is 1. The van der Waals surface area contributed by atoms with Crippen molar-refractivity contribution in [2.45, 2.75) is 45.1 Å². The molecular weight excluding hydrogens is 352 g/mol. The number of nitrogens with one attached hydrogen (secondary N) is 1. The van der Waals surface area contributed by atoms with Crippen molar-refractivity contribution in [2.75, 3.05) is 19.6 Å². The van der Waals surface area contributed by atoms with E-state index in [1.165, 1.54) is 24.8 Å². The number of nitrogens with zero attached hydrogens (tertiary/aromatic N) is 1. The van der Waals surface area contributed by atoms with Gasteiger partial charge in [-0.25, -0.2) is 0 Å². The molecule has 28 heavy (non-hydrogen) atoms. The van der Waals surface area contributed by atoms with Crippen molar-refractivity contribution in [1.29, 1.82) is 0 Å². The number of carbonyl (C=O) groups is 1. The zero-order chi connectivity index (χ0) is 19.3. The first-order valence-electron chi connectivity index (χ1n) is 10.3. The molecule has 1 atom stereocenters. The number of piperidine rings is 1. The maximum atomic E-state index is 12.6. The largest absolute Gasteiger partial charge is 0.468 e. The molecule has 1 unspecified atom stereocenters. The van der Waals surface area contributed by atoms with Crippen LogP contribution in [0.2, 0.25) is 0 Å². The van der Waals surface area contributed by atoms with E-state index in [9.17, 15) is 4.79 Å². The van der Waals surface area contributed by atoms with Crippen LogP contribution in [0.5, 0.6) is 0 Å². The number of carbonyl (C=O) groups excluding carboxylic acids is 1. The number of amides is 1. The van der Waals surface area contributed by atoms with Gasteiger partial charge in [-0.3, -0.25) is 9.69 Å².